The predicted octanol–water partition coefficient (Wildman–Crippen LogP) is 1.74. The molecule has 0 saturated heterocycles. The third kappa shape index (κ3) is 2.27. The van der Waals surface area contributed by atoms with E-state index in [0.717, 1.165) is 11.3 Å². The smallest absolute Gasteiger partial charge is 0.229 e. The third-order valence-electron chi connectivity index (χ3n) is 1.83. The van der Waals surface area contributed by atoms with Crippen LogP contribution in [0.3, 0.4) is 0 Å². The second-order valence-electron chi connectivity index (χ2n) is 2.78. The zero-order valence-corrected chi connectivity index (χ0v) is 8.53. The van der Waals surface area contributed by atoms with Gasteiger partial charge in [0.05, 0.1) is 12.5 Å². The summed E-state index contributed by atoms with van der Waals surface area (Å²) < 4.78 is 3.65. The molecular formula is C9H7N5S. The maximum Gasteiger partial charge on any atom is 0.229 e. The summed E-state index contributed by atoms with van der Waals surface area (Å²) in [6.07, 6.45) is 0.370. The summed E-state index contributed by atoms with van der Waals surface area (Å²) in [6, 6.07) is 9.71. The van der Waals surface area contributed by atoms with E-state index in [1.807, 2.05) is 24.3 Å². The lowest BCUT2D eigenvalue weighted by Gasteiger charge is -2.05. The average Bonchev–Trinajstić information content (AvgIpc) is 2.74. The van der Waals surface area contributed by atoms with Crippen LogP contribution in [0.1, 0.15) is 5.56 Å². The zero-order chi connectivity index (χ0) is 10.5. The SMILES string of the molecule is N#CCc1ccccc1Nc1nnns1. The maximum absolute atomic E-state index is 8.65. The minimum atomic E-state index is 0.370. The number of para-hydroxylation sites is 1. The molecule has 0 spiro atoms. The molecule has 15 heavy (non-hydrogen) atoms. The highest BCUT2D eigenvalue weighted by molar-refractivity contribution is 7.09. The maximum atomic E-state index is 8.65. The van der Waals surface area contributed by atoms with E-state index in [1.165, 1.54) is 11.5 Å². The second kappa shape index (κ2) is 4.48. The lowest BCUT2D eigenvalue weighted by Crippen LogP contribution is -1.94. The Morgan fingerprint density at radius 1 is 1.40 bits per heavy atom. The highest BCUT2D eigenvalue weighted by atomic mass is 32.1. The molecule has 0 atom stereocenters. The van der Waals surface area contributed by atoms with Gasteiger partial charge in [0.1, 0.15) is 0 Å². The van der Waals surface area contributed by atoms with E-state index < -0.39 is 0 Å². The number of anilines is 2. The van der Waals surface area contributed by atoms with Gasteiger partial charge in [-0.2, -0.15) is 5.26 Å². The van der Waals surface area contributed by atoms with Gasteiger partial charge >= 0.3 is 0 Å². The molecule has 2 rings (SSSR count). The zero-order valence-electron chi connectivity index (χ0n) is 7.71. The number of hydrogen-bond acceptors (Lipinski definition) is 6. The highest BCUT2D eigenvalue weighted by Gasteiger charge is 2.03. The van der Waals surface area contributed by atoms with Gasteiger partial charge in [0.2, 0.25) is 5.13 Å². The fourth-order valence-electron chi connectivity index (χ4n) is 1.18. The summed E-state index contributed by atoms with van der Waals surface area (Å²) >= 11 is 1.18. The molecule has 1 N–H and O–H groups in total. The molecule has 0 aliphatic carbocycles. The Hall–Kier alpha value is -2.00. The Morgan fingerprint density at radius 3 is 3.00 bits per heavy atom. The van der Waals surface area contributed by atoms with Crippen LogP contribution in [0.25, 0.3) is 0 Å². The van der Waals surface area contributed by atoms with Crippen molar-refractivity contribution in [3.8, 4) is 6.07 Å². The largest absolute Gasteiger partial charge is 0.329 e. The molecule has 1 heterocycles. The molecule has 0 aliphatic heterocycles. The number of benzene rings is 1. The number of aromatic nitrogens is 3. The Labute approximate surface area is 90.5 Å². The number of rotatable bonds is 3. The molecule has 74 valence electrons. The van der Waals surface area contributed by atoms with Crippen LogP contribution >= 0.6 is 11.5 Å². The van der Waals surface area contributed by atoms with Gasteiger partial charge < -0.3 is 5.32 Å². The van der Waals surface area contributed by atoms with Gasteiger partial charge in [-0.1, -0.05) is 27.8 Å². The van der Waals surface area contributed by atoms with Crippen molar-refractivity contribution < 1.29 is 0 Å². The van der Waals surface area contributed by atoms with Gasteiger partial charge in [-0.3, -0.25) is 0 Å². The molecular weight excluding hydrogens is 210 g/mol. The fourth-order valence-corrected chi connectivity index (χ4v) is 1.56. The van der Waals surface area contributed by atoms with Crippen molar-refractivity contribution in [3.63, 3.8) is 0 Å². The molecule has 5 nitrogen and oxygen atoms in total. The van der Waals surface area contributed by atoms with Crippen LogP contribution in [0, 0.1) is 11.3 Å². The molecule has 0 fully saturated rings. The van der Waals surface area contributed by atoms with E-state index in [-0.39, 0.29) is 0 Å². The van der Waals surface area contributed by atoms with Crippen LogP contribution in [0.4, 0.5) is 10.8 Å². The van der Waals surface area contributed by atoms with E-state index in [9.17, 15) is 0 Å². The van der Waals surface area contributed by atoms with E-state index in [0.29, 0.717) is 11.6 Å². The molecule has 0 amide bonds. The van der Waals surface area contributed by atoms with Crippen LogP contribution in [-0.4, -0.2) is 14.8 Å². The number of nitriles is 1. The van der Waals surface area contributed by atoms with Crippen molar-refractivity contribution in [2.24, 2.45) is 0 Å². The highest BCUT2D eigenvalue weighted by Crippen LogP contribution is 2.20. The van der Waals surface area contributed by atoms with Crippen molar-refractivity contribution in [2.45, 2.75) is 6.42 Å². The van der Waals surface area contributed by atoms with E-state index >= 15 is 0 Å². The topological polar surface area (TPSA) is 74.5 Å². The van der Waals surface area contributed by atoms with Crippen molar-refractivity contribution in [1.29, 1.82) is 5.26 Å². The lowest BCUT2D eigenvalue weighted by atomic mass is 10.1. The van der Waals surface area contributed by atoms with Gasteiger partial charge in [0, 0.05) is 17.2 Å². The molecule has 2 aromatic rings. The Balaban J connectivity index is 2.24. The first-order chi connectivity index (χ1) is 7.40. The van der Waals surface area contributed by atoms with Crippen molar-refractivity contribution in [2.75, 3.05) is 5.32 Å². The normalized spacial score (nSPS) is 9.53. The molecule has 6 heteroatoms. The van der Waals surface area contributed by atoms with Crippen LogP contribution in [0.2, 0.25) is 0 Å². The molecule has 1 aromatic carbocycles. The first-order valence-electron chi connectivity index (χ1n) is 4.27. The summed E-state index contributed by atoms with van der Waals surface area (Å²) in [5, 5.41) is 19.6. The third-order valence-corrected chi connectivity index (χ3v) is 2.34. The molecule has 0 bridgehead atoms. The van der Waals surface area contributed by atoms with Gasteiger partial charge in [-0.05, 0) is 16.8 Å². The second-order valence-corrected chi connectivity index (χ2v) is 3.52. The Kier molecular flexibility index (Phi) is 2.85. The lowest BCUT2D eigenvalue weighted by molar-refractivity contribution is 0.961. The fraction of sp³-hybridized carbons (Fsp3) is 0.111. The molecule has 0 radical (unpaired) electrons. The standard InChI is InChI=1S/C9H7N5S/c10-6-5-7-3-1-2-4-8(7)11-9-12-13-14-15-9/h1-4H,5H2,(H,11,12,14). The van der Waals surface area contributed by atoms with E-state index in [4.69, 9.17) is 5.26 Å². The minimum Gasteiger partial charge on any atom is -0.329 e. The van der Waals surface area contributed by atoms with Crippen molar-refractivity contribution >= 4 is 22.4 Å². The number of hydrogen-bond donors (Lipinski definition) is 1. The monoisotopic (exact) mass is 217 g/mol. The molecule has 0 aliphatic rings. The van der Waals surface area contributed by atoms with Gasteiger partial charge in [-0.25, -0.2) is 0 Å². The summed E-state index contributed by atoms with van der Waals surface area (Å²) in [5.74, 6) is 0. The van der Waals surface area contributed by atoms with Crippen molar-refractivity contribution in [1.82, 2.24) is 14.8 Å². The summed E-state index contributed by atoms with van der Waals surface area (Å²) in [6.45, 7) is 0. The van der Waals surface area contributed by atoms with Gasteiger partial charge in [-0.15, -0.1) is 0 Å². The first kappa shape index (κ1) is 9.55. The quantitative estimate of drug-likeness (QED) is 0.847. The Bertz CT molecular complexity index is 473. The average molecular weight is 217 g/mol. The molecule has 0 saturated carbocycles. The van der Waals surface area contributed by atoms with E-state index in [1.54, 1.807) is 0 Å². The minimum absolute atomic E-state index is 0.370. The van der Waals surface area contributed by atoms with E-state index in [2.05, 4.69) is 26.2 Å². The first-order valence-corrected chi connectivity index (χ1v) is 5.04. The van der Waals surface area contributed by atoms with Crippen LogP contribution < -0.4 is 5.32 Å². The summed E-state index contributed by atoms with van der Waals surface area (Å²) in [5.41, 5.74) is 1.81. The van der Waals surface area contributed by atoms with Crippen LogP contribution in [0.15, 0.2) is 24.3 Å². The van der Waals surface area contributed by atoms with Crippen molar-refractivity contribution in [3.05, 3.63) is 29.8 Å². The van der Waals surface area contributed by atoms with Gasteiger partial charge in [0.15, 0.2) is 0 Å². The summed E-state index contributed by atoms with van der Waals surface area (Å²) in [7, 11) is 0. The summed E-state index contributed by atoms with van der Waals surface area (Å²) in [4.78, 5) is 0. The predicted molar refractivity (Wildman–Crippen MR) is 56.7 cm³/mol. The number of nitrogens with one attached hydrogen (secondary N) is 1. The Morgan fingerprint density at radius 2 is 2.27 bits per heavy atom. The number of nitrogens with zero attached hydrogens (tertiary/aromatic N) is 4. The van der Waals surface area contributed by atoms with Crippen LogP contribution in [0.5, 0.6) is 0 Å². The van der Waals surface area contributed by atoms with Crippen LogP contribution in [-0.2, 0) is 6.42 Å². The molecule has 0 unspecified atom stereocenters. The molecule has 1 aromatic heterocycles. The van der Waals surface area contributed by atoms with Gasteiger partial charge in [0.25, 0.3) is 0 Å².